The summed E-state index contributed by atoms with van der Waals surface area (Å²) in [5, 5.41) is 2.48. The zero-order valence-electron chi connectivity index (χ0n) is 33.6. The van der Waals surface area contributed by atoms with Crippen LogP contribution in [0.2, 0.25) is 0 Å². The Labute approximate surface area is 348 Å². The van der Waals surface area contributed by atoms with Crippen molar-refractivity contribution in [3.05, 3.63) is 234 Å². The van der Waals surface area contributed by atoms with Gasteiger partial charge in [0.1, 0.15) is 0 Å². The lowest BCUT2D eigenvalue weighted by Crippen LogP contribution is -2.18. The molecule has 0 unspecified atom stereocenters. The molecule has 2 heteroatoms. The molecule has 0 N–H and O–H groups in total. The molecule has 8 aromatic rings. The number of allylic oxidation sites excluding steroid dienone is 4. The molecule has 0 saturated carbocycles. The molecule has 2 aliphatic rings. The fourth-order valence-corrected chi connectivity index (χ4v) is 9.03. The molecule has 10 rings (SSSR count). The van der Waals surface area contributed by atoms with E-state index in [0.29, 0.717) is 0 Å². The smallest absolute Gasteiger partial charge is 0.0468 e. The lowest BCUT2D eigenvalue weighted by atomic mass is 9.78. The quantitative estimate of drug-likeness (QED) is 0.135. The summed E-state index contributed by atoms with van der Waals surface area (Å²) in [6.45, 7) is 4.80. The van der Waals surface area contributed by atoms with Crippen LogP contribution in [0, 0.1) is 0 Å². The molecule has 0 bridgehead atoms. The van der Waals surface area contributed by atoms with Crippen molar-refractivity contribution in [2.45, 2.75) is 32.1 Å². The van der Waals surface area contributed by atoms with Gasteiger partial charge in [0.15, 0.2) is 0 Å². The van der Waals surface area contributed by atoms with Crippen molar-refractivity contribution in [3.8, 4) is 11.1 Å². The number of benzene rings is 8. The van der Waals surface area contributed by atoms with Crippen LogP contribution >= 0.6 is 0 Å². The van der Waals surface area contributed by atoms with Gasteiger partial charge in [0.25, 0.3) is 0 Å². The lowest BCUT2D eigenvalue weighted by Gasteiger charge is -2.29. The van der Waals surface area contributed by atoms with Gasteiger partial charge in [0, 0.05) is 39.5 Å². The number of fused-ring (bicyclic) bond motifs is 3. The van der Waals surface area contributed by atoms with Crippen molar-refractivity contribution in [3.63, 3.8) is 0 Å². The Kier molecular flexibility index (Phi) is 9.39. The van der Waals surface area contributed by atoms with Crippen LogP contribution in [0.5, 0.6) is 0 Å². The highest BCUT2D eigenvalue weighted by Crippen LogP contribution is 2.52. The number of hydrogen-bond acceptors (Lipinski definition) is 2. The highest BCUT2D eigenvalue weighted by molar-refractivity contribution is 5.92. The second-order valence-corrected chi connectivity index (χ2v) is 16.2. The predicted molar refractivity (Wildman–Crippen MR) is 252 cm³/mol. The van der Waals surface area contributed by atoms with Crippen LogP contribution in [0.25, 0.3) is 39.6 Å². The first-order chi connectivity index (χ1) is 29.0. The van der Waals surface area contributed by atoms with E-state index in [1.165, 1.54) is 49.9 Å². The van der Waals surface area contributed by atoms with Gasteiger partial charge in [-0.15, -0.1) is 0 Å². The number of rotatable bonds is 9. The predicted octanol–water partition coefficient (Wildman–Crippen LogP) is 16.0. The summed E-state index contributed by atoms with van der Waals surface area (Å²) < 4.78 is 0. The minimum Gasteiger partial charge on any atom is -0.311 e. The number of nitrogens with zero attached hydrogens (tertiary/aromatic N) is 2. The fourth-order valence-electron chi connectivity index (χ4n) is 9.03. The van der Waals surface area contributed by atoms with E-state index in [9.17, 15) is 0 Å². The van der Waals surface area contributed by atoms with E-state index in [0.717, 1.165) is 46.8 Å². The Morgan fingerprint density at radius 1 is 0.441 bits per heavy atom. The molecule has 0 spiro atoms. The summed E-state index contributed by atoms with van der Waals surface area (Å²) in [5.74, 6) is 0. The normalized spacial score (nSPS) is 14.1. The van der Waals surface area contributed by atoms with Gasteiger partial charge in [-0.1, -0.05) is 165 Å². The second kappa shape index (κ2) is 15.3. The molecule has 0 radical (unpaired) electrons. The molecule has 0 saturated heterocycles. The first-order valence-electron chi connectivity index (χ1n) is 20.7. The first-order valence-corrected chi connectivity index (χ1v) is 20.7. The molecule has 0 aliphatic heterocycles. The van der Waals surface area contributed by atoms with Crippen LogP contribution in [-0.2, 0) is 5.41 Å². The van der Waals surface area contributed by atoms with Crippen LogP contribution in [0.15, 0.2) is 212 Å². The van der Waals surface area contributed by atoms with Crippen molar-refractivity contribution < 1.29 is 0 Å². The summed E-state index contributed by atoms with van der Waals surface area (Å²) >= 11 is 0. The van der Waals surface area contributed by atoms with E-state index in [-0.39, 0.29) is 5.41 Å². The standard InChI is InChI=1S/C57H46N2/c1-57(2)55-20-12-11-19-53(55)54-38-37-52(40-56(54)57)59(51-36-31-43-13-9-10-14-46(43)39-51)50-34-29-45(30-35-50)44-27-23-41(24-28-44)21-22-42-25-32-49(33-26-42)58(47-15-5-3-6-16-47)48-17-7-4-8-18-48/h3-11,13-19,21-40H,12,20H2,1-2H3/b22-21+. The van der Waals surface area contributed by atoms with Crippen LogP contribution < -0.4 is 9.80 Å². The van der Waals surface area contributed by atoms with Gasteiger partial charge in [-0.05, 0) is 135 Å². The zero-order chi connectivity index (χ0) is 39.8. The maximum atomic E-state index is 2.44. The molecule has 0 amide bonds. The Balaban J connectivity index is 0.903. The molecular formula is C57H46N2. The number of anilines is 6. The number of hydrogen-bond donors (Lipinski definition) is 0. The topological polar surface area (TPSA) is 6.48 Å². The van der Waals surface area contributed by atoms with Gasteiger partial charge in [0.05, 0.1) is 0 Å². The molecule has 284 valence electrons. The lowest BCUT2D eigenvalue weighted by molar-refractivity contribution is 0.607. The molecule has 0 aromatic heterocycles. The Morgan fingerprint density at radius 2 is 0.915 bits per heavy atom. The summed E-state index contributed by atoms with van der Waals surface area (Å²) in [7, 11) is 0. The Morgan fingerprint density at radius 3 is 1.56 bits per heavy atom. The van der Waals surface area contributed by atoms with Gasteiger partial charge in [-0.25, -0.2) is 0 Å². The summed E-state index contributed by atoms with van der Waals surface area (Å²) in [6.07, 6.45) is 11.3. The third kappa shape index (κ3) is 6.98. The SMILES string of the molecule is CC1(C)C2=C(C=CCC2)c2ccc(N(c3ccc(-c4ccc(/C=C/c5ccc(N(c6ccccc6)c6ccccc6)cc5)cc4)cc3)c3ccc4ccccc4c3)cc21. The largest absolute Gasteiger partial charge is 0.311 e. The fraction of sp³-hybridized carbons (Fsp3) is 0.0877. The van der Waals surface area contributed by atoms with Crippen LogP contribution in [0.3, 0.4) is 0 Å². The Hall–Kier alpha value is -7.16. The molecule has 0 fully saturated rings. The van der Waals surface area contributed by atoms with Gasteiger partial charge in [0.2, 0.25) is 0 Å². The highest BCUT2D eigenvalue weighted by atomic mass is 15.1. The summed E-state index contributed by atoms with van der Waals surface area (Å²) in [5.41, 5.74) is 17.4. The van der Waals surface area contributed by atoms with Gasteiger partial charge in [-0.3, -0.25) is 0 Å². The number of para-hydroxylation sites is 2. The molecule has 0 atom stereocenters. The summed E-state index contributed by atoms with van der Waals surface area (Å²) in [4.78, 5) is 4.70. The van der Waals surface area contributed by atoms with E-state index in [1.807, 2.05) is 0 Å². The minimum atomic E-state index is 0.00332. The monoisotopic (exact) mass is 758 g/mol. The van der Waals surface area contributed by atoms with Crippen LogP contribution in [0.4, 0.5) is 34.1 Å². The average molecular weight is 759 g/mol. The van der Waals surface area contributed by atoms with E-state index >= 15 is 0 Å². The van der Waals surface area contributed by atoms with Crippen molar-refractivity contribution in [2.75, 3.05) is 9.80 Å². The molecule has 59 heavy (non-hydrogen) atoms. The van der Waals surface area contributed by atoms with E-state index in [1.54, 1.807) is 5.57 Å². The zero-order valence-corrected chi connectivity index (χ0v) is 33.6. The minimum absolute atomic E-state index is 0.00332. The van der Waals surface area contributed by atoms with Gasteiger partial charge in [-0.2, -0.15) is 0 Å². The maximum absolute atomic E-state index is 2.44. The maximum Gasteiger partial charge on any atom is 0.0468 e. The van der Waals surface area contributed by atoms with E-state index < -0.39 is 0 Å². The van der Waals surface area contributed by atoms with Gasteiger partial charge >= 0.3 is 0 Å². The van der Waals surface area contributed by atoms with Crippen molar-refractivity contribution >= 4 is 62.6 Å². The average Bonchev–Trinajstić information content (AvgIpc) is 3.52. The first kappa shape index (κ1) is 36.2. The molecule has 2 nitrogen and oxygen atoms in total. The third-order valence-corrected chi connectivity index (χ3v) is 12.2. The Bertz CT molecular complexity index is 2820. The molecule has 0 heterocycles. The van der Waals surface area contributed by atoms with Crippen LogP contribution in [0.1, 0.15) is 48.9 Å². The van der Waals surface area contributed by atoms with Crippen LogP contribution in [-0.4, -0.2) is 0 Å². The molecule has 2 aliphatic carbocycles. The van der Waals surface area contributed by atoms with E-state index in [2.05, 4.69) is 242 Å². The third-order valence-electron chi connectivity index (χ3n) is 12.2. The molecular weight excluding hydrogens is 713 g/mol. The van der Waals surface area contributed by atoms with E-state index in [4.69, 9.17) is 0 Å². The molecule has 8 aromatic carbocycles. The summed E-state index contributed by atoms with van der Waals surface area (Å²) in [6, 6.07) is 70.3. The van der Waals surface area contributed by atoms with Crippen molar-refractivity contribution in [2.24, 2.45) is 0 Å². The van der Waals surface area contributed by atoms with Gasteiger partial charge < -0.3 is 9.80 Å². The highest BCUT2D eigenvalue weighted by Gasteiger charge is 2.37. The second-order valence-electron chi connectivity index (χ2n) is 16.2. The van der Waals surface area contributed by atoms with Crippen molar-refractivity contribution in [1.82, 2.24) is 0 Å². The van der Waals surface area contributed by atoms with Crippen molar-refractivity contribution in [1.29, 1.82) is 0 Å².